The van der Waals surface area contributed by atoms with E-state index in [1.54, 1.807) is 6.26 Å². The fourth-order valence-corrected chi connectivity index (χ4v) is 2.39. The second kappa shape index (κ2) is 5.51. The fourth-order valence-electron chi connectivity index (χ4n) is 2.39. The Hall–Kier alpha value is -0.800. The van der Waals surface area contributed by atoms with Gasteiger partial charge in [0.2, 0.25) is 0 Å². The molecule has 1 N–H and O–H groups in total. The Bertz CT molecular complexity index is 297. The van der Waals surface area contributed by atoms with Gasteiger partial charge in [-0.15, -0.1) is 0 Å². The maximum Gasteiger partial charge on any atom is 0.120 e. The van der Waals surface area contributed by atoms with Crippen molar-refractivity contribution in [3.05, 3.63) is 24.2 Å². The average molecular weight is 222 g/mol. The van der Waals surface area contributed by atoms with Crippen molar-refractivity contribution in [1.29, 1.82) is 0 Å². The van der Waals surface area contributed by atoms with Crippen molar-refractivity contribution in [2.75, 3.05) is 19.6 Å². The number of nitrogens with one attached hydrogen (secondary N) is 1. The zero-order chi connectivity index (χ0) is 11.4. The highest BCUT2D eigenvalue weighted by Gasteiger charge is 2.19. The number of likely N-dealkylation sites (tertiary alicyclic amines) is 1. The van der Waals surface area contributed by atoms with Crippen LogP contribution in [-0.2, 0) is 0 Å². The first-order valence-electron chi connectivity index (χ1n) is 6.28. The lowest BCUT2D eigenvalue weighted by molar-refractivity contribution is 0.262. The van der Waals surface area contributed by atoms with Gasteiger partial charge in [0.1, 0.15) is 5.76 Å². The Labute approximate surface area is 97.8 Å². The molecule has 1 aliphatic rings. The van der Waals surface area contributed by atoms with Crippen molar-refractivity contribution < 1.29 is 4.42 Å². The van der Waals surface area contributed by atoms with Crippen LogP contribution in [0.4, 0.5) is 0 Å². The quantitative estimate of drug-likeness (QED) is 0.829. The van der Waals surface area contributed by atoms with Crippen LogP contribution >= 0.6 is 0 Å². The first-order valence-corrected chi connectivity index (χ1v) is 6.28. The van der Waals surface area contributed by atoms with Gasteiger partial charge in [-0.05, 0) is 45.4 Å². The van der Waals surface area contributed by atoms with Gasteiger partial charge in [-0.3, -0.25) is 4.90 Å². The van der Waals surface area contributed by atoms with Crippen molar-refractivity contribution in [2.45, 2.75) is 38.8 Å². The molecule has 3 nitrogen and oxygen atoms in total. The van der Waals surface area contributed by atoms with Crippen LogP contribution < -0.4 is 5.32 Å². The van der Waals surface area contributed by atoms with E-state index in [0.29, 0.717) is 6.04 Å². The lowest BCUT2D eigenvalue weighted by Gasteiger charge is -2.22. The van der Waals surface area contributed by atoms with Crippen molar-refractivity contribution in [1.82, 2.24) is 10.2 Å². The first-order chi connectivity index (χ1) is 7.77. The number of hydrogen-bond acceptors (Lipinski definition) is 3. The molecule has 1 aromatic rings. The molecule has 2 atom stereocenters. The summed E-state index contributed by atoms with van der Waals surface area (Å²) in [5.41, 5.74) is 0. The van der Waals surface area contributed by atoms with Crippen LogP contribution in [-0.4, -0.2) is 30.6 Å². The Morgan fingerprint density at radius 3 is 3.12 bits per heavy atom. The van der Waals surface area contributed by atoms with Crippen LogP contribution in [0.1, 0.15) is 38.5 Å². The van der Waals surface area contributed by atoms with Gasteiger partial charge < -0.3 is 9.73 Å². The smallest absolute Gasteiger partial charge is 0.120 e. The van der Waals surface area contributed by atoms with Gasteiger partial charge in [0.15, 0.2) is 0 Å². The van der Waals surface area contributed by atoms with E-state index in [2.05, 4.69) is 24.1 Å². The molecule has 0 aromatic carbocycles. The molecule has 1 saturated heterocycles. The average Bonchev–Trinajstić information content (AvgIpc) is 2.90. The zero-order valence-corrected chi connectivity index (χ0v) is 10.3. The van der Waals surface area contributed by atoms with E-state index in [9.17, 15) is 0 Å². The normalized spacial score (nSPS) is 23.8. The molecule has 0 spiro atoms. The highest BCUT2D eigenvalue weighted by atomic mass is 16.3. The van der Waals surface area contributed by atoms with Gasteiger partial charge in [-0.1, -0.05) is 0 Å². The van der Waals surface area contributed by atoms with Gasteiger partial charge in [0, 0.05) is 19.1 Å². The summed E-state index contributed by atoms with van der Waals surface area (Å²) in [7, 11) is 0. The SMILES string of the molecule is CC(NCCN1CCCC1C)c1ccco1. The summed E-state index contributed by atoms with van der Waals surface area (Å²) in [5, 5.41) is 3.50. The van der Waals surface area contributed by atoms with Gasteiger partial charge in [-0.25, -0.2) is 0 Å². The molecule has 90 valence electrons. The van der Waals surface area contributed by atoms with E-state index in [-0.39, 0.29) is 0 Å². The molecule has 0 saturated carbocycles. The Balaban J connectivity index is 1.68. The van der Waals surface area contributed by atoms with Gasteiger partial charge >= 0.3 is 0 Å². The molecule has 2 rings (SSSR count). The third-order valence-corrected chi connectivity index (χ3v) is 3.51. The van der Waals surface area contributed by atoms with Gasteiger partial charge in [-0.2, -0.15) is 0 Å². The predicted octanol–water partition coefficient (Wildman–Crippen LogP) is 2.41. The van der Waals surface area contributed by atoms with Crippen molar-refractivity contribution in [3.8, 4) is 0 Å². The summed E-state index contributed by atoms with van der Waals surface area (Å²) in [6, 6.07) is 5.04. The van der Waals surface area contributed by atoms with Crippen LogP contribution in [0.5, 0.6) is 0 Å². The molecule has 2 heterocycles. The highest BCUT2D eigenvalue weighted by Crippen LogP contribution is 2.16. The standard InChI is InChI=1S/C13H22N2O/c1-11-5-3-8-15(11)9-7-14-12(2)13-6-4-10-16-13/h4,6,10-12,14H,3,5,7-9H2,1-2H3. The predicted molar refractivity (Wildman–Crippen MR) is 65.4 cm³/mol. The number of hydrogen-bond donors (Lipinski definition) is 1. The van der Waals surface area contributed by atoms with Crippen molar-refractivity contribution in [2.24, 2.45) is 0 Å². The number of furan rings is 1. The van der Waals surface area contributed by atoms with Crippen LogP contribution in [0.25, 0.3) is 0 Å². The molecule has 16 heavy (non-hydrogen) atoms. The fraction of sp³-hybridized carbons (Fsp3) is 0.692. The van der Waals surface area contributed by atoms with Crippen molar-refractivity contribution in [3.63, 3.8) is 0 Å². The second-order valence-corrected chi connectivity index (χ2v) is 4.72. The Morgan fingerprint density at radius 2 is 2.50 bits per heavy atom. The summed E-state index contributed by atoms with van der Waals surface area (Å²) in [6.45, 7) is 7.91. The van der Waals surface area contributed by atoms with Crippen LogP contribution in [0, 0.1) is 0 Å². The van der Waals surface area contributed by atoms with Crippen LogP contribution in [0.15, 0.2) is 22.8 Å². The zero-order valence-electron chi connectivity index (χ0n) is 10.3. The monoisotopic (exact) mass is 222 g/mol. The molecular weight excluding hydrogens is 200 g/mol. The lowest BCUT2D eigenvalue weighted by Crippen LogP contribution is -2.35. The number of nitrogens with zero attached hydrogens (tertiary/aromatic N) is 1. The van der Waals surface area contributed by atoms with Crippen LogP contribution in [0.3, 0.4) is 0 Å². The lowest BCUT2D eigenvalue weighted by atomic mass is 10.2. The Kier molecular flexibility index (Phi) is 4.02. The highest BCUT2D eigenvalue weighted by molar-refractivity contribution is 5.02. The van der Waals surface area contributed by atoms with E-state index < -0.39 is 0 Å². The minimum Gasteiger partial charge on any atom is -0.468 e. The molecule has 3 heteroatoms. The van der Waals surface area contributed by atoms with E-state index in [4.69, 9.17) is 4.42 Å². The third-order valence-electron chi connectivity index (χ3n) is 3.51. The molecule has 0 aliphatic carbocycles. The molecule has 1 fully saturated rings. The first kappa shape index (κ1) is 11.7. The summed E-state index contributed by atoms with van der Waals surface area (Å²) in [5.74, 6) is 1.02. The maximum absolute atomic E-state index is 5.36. The van der Waals surface area contributed by atoms with E-state index in [1.807, 2.05) is 12.1 Å². The van der Waals surface area contributed by atoms with E-state index in [0.717, 1.165) is 24.9 Å². The molecule has 1 aliphatic heterocycles. The minimum absolute atomic E-state index is 0.313. The van der Waals surface area contributed by atoms with Crippen molar-refractivity contribution >= 4 is 0 Å². The Morgan fingerprint density at radius 1 is 1.62 bits per heavy atom. The largest absolute Gasteiger partial charge is 0.468 e. The molecular formula is C13H22N2O. The maximum atomic E-state index is 5.36. The van der Waals surface area contributed by atoms with Gasteiger partial charge in [0.05, 0.1) is 12.3 Å². The summed E-state index contributed by atoms with van der Waals surface area (Å²) in [4.78, 5) is 2.56. The molecule has 1 aromatic heterocycles. The molecule has 2 unspecified atom stereocenters. The van der Waals surface area contributed by atoms with E-state index >= 15 is 0 Å². The summed E-state index contributed by atoms with van der Waals surface area (Å²) >= 11 is 0. The topological polar surface area (TPSA) is 28.4 Å². The summed E-state index contributed by atoms with van der Waals surface area (Å²) < 4.78 is 5.36. The minimum atomic E-state index is 0.313. The molecule has 0 bridgehead atoms. The summed E-state index contributed by atoms with van der Waals surface area (Å²) in [6.07, 6.45) is 4.44. The number of rotatable bonds is 5. The van der Waals surface area contributed by atoms with Gasteiger partial charge in [0.25, 0.3) is 0 Å². The third kappa shape index (κ3) is 2.86. The molecule has 0 radical (unpaired) electrons. The second-order valence-electron chi connectivity index (χ2n) is 4.72. The molecule has 0 amide bonds. The van der Waals surface area contributed by atoms with E-state index in [1.165, 1.54) is 19.4 Å². The van der Waals surface area contributed by atoms with Crippen LogP contribution in [0.2, 0.25) is 0 Å².